The summed E-state index contributed by atoms with van der Waals surface area (Å²) in [6.07, 6.45) is 3.10. The SMILES string of the molecule is CC(CO)Nc1ncc2ncnc(Nc3cccc(Br)c3)c2n1. The van der Waals surface area contributed by atoms with Gasteiger partial charge in [-0.2, -0.15) is 0 Å². The second-order valence-electron chi connectivity index (χ2n) is 5.01. The van der Waals surface area contributed by atoms with E-state index < -0.39 is 0 Å². The summed E-state index contributed by atoms with van der Waals surface area (Å²) in [5.74, 6) is 1.02. The average molecular weight is 375 g/mol. The van der Waals surface area contributed by atoms with E-state index in [0.717, 1.165) is 10.2 Å². The van der Waals surface area contributed by atoms with Crippen LogP contribution in [0, 0.1) is 0 Å². The van der Waals surface area contributed by atoms with Gasteiger partial charge in [-0.15, -0.1) is 0 Å². The van der Waals surface area contributed by atoms with Crippen molar-refractivity contribution in [1.29, 1.82) is 0 Å². The van der Waals surface area contributed by atoms with Crippen molar-refractivity contribution >= 4 is 44.4 Å². The Morgan fingerprint density at radius 1 is 1.26 bits per heavy atom. The molecule has 0 fully saturated rings. The molecule has 3 aromatic rings. The van der Waals surface area contributed by atoms with Crippen molar-refractivity contribution in [3.63, 3.8) is 0 Å². The van der Waals surface area contributed by atoms with Gasteiger partial charge in [-0.25, -0.2) is 19.9 Å². The highest BCUT2D eigenvalue weighted by atomic mass is 79.9. The lowest BCUT2D eigenvalue weighted by atomic mass is 10.3. The largest absolute Gasteiger partial charge is 0.394 e. The molecule has 118 valence electrons. The first kappa shape index (κ1) is 15.6. The molecular formula is C15H15BrN6O. The minimum atomic E-state index is -0.140. The van der Waals surface area contributed by atoms with Crippen LogP contribution < -0.4 is 10.6 Å². The molecular weight excluding hydrogens is 360 g/mol. The quantitative estimate of drug-likeness (QED) is 0.631. The molecule has 2 aromatic heterocycles. The van der Waals surface area contributed by atoms with Crippen molar-refractivity contribution in [2.24, 2.45) is 0 Å². The molecule has 7 nitrogen and oxygen atoms in total. The molecule has 8 heteroatoms. The number of nitrogens with one attached hydrogen (secondary N) is 2. The topological polar surface area (TPSA) is 95.9 Å². The number of aliphatic hydroxyl groups excluding tert-OH is 1. The summed E-state index contributed by atoms with van der Waals surface area (Å²) >= 11 is 3.44. The van der Waals surface area contributed by atoms with E-state index in [1.807, 2.05) is 31.2 Å². The van der Waals surface area contributed by atoms with E-state index in [1.165, 1.54) is 6.33 Å². The molecule has 3 rings (SSSR count). The summed E-state index contributed by atoms with van der Waals surface area (Å²) in [6.45, 7) is 1.84. The van der Waals surface area contributed by atoms with Crippen molar-refractivity contribution in [2.75, 3.05) is 17.2 Å². The third-order valence-corrected chi connectivity index (χ3v) is 3.61. The Labute approximate surface area is 141 Å². The van der Waals surface area contributed by atoms with Crippen molar-refractivity contribution in [2.45, 2.75) is 13.0 Å². The number of hydrogen-bond donors (Lipinski definition) is 3. The molecule has 1 aromatic carbocycles. The smallest absolute Gasteiger partial charge is 0.223 e. The summed E-state index contributed by atoms with van der Waals surface area (Å²) < 4.78 is 0.967. The van der Waals surface area contributed by atoms with Crippen molar-refractivity contribution in [3.8, 4) is 0 Å². The maximum atomic E-state index is 9.13. The van der Waals surface area contributed by atoms with Crippen molar-refractivity contribution in [3.05, 3.63) is 41.3 Å². The van der Waals surface area contributed by atoms with Crippen LogP contribution in [0.5, 0.6) is 0 Å². The lowest BCUT2D eigenvalue weighted by Gasteiger charge is -2.12. The third-order valence-electron chi connectivity index (χ3n) is 3.11. The molecule has 0 saturated carbocycles. The lowest BCUT2D eigenvalue weighted by molar-refractivity contribution is 0.281. The highest BCUT2D eigenvalue weighted by Gasteiger charge is 2.09. The van der Waals surface area contributed by atoms with Crippen LogP contribution in [0.2, 0.25) is 0 Å². The Hall–Kier alpha value is -2.32. The lowest BCUT2D eigenvalue weighted by Crippen LogP contribution is -2.20. The number of rotatable bonds is 5. The summed E-state index contributed by atoms with van der Waals surface area (Å²) in [7, 11) is 0. The number of aliphatic hydroxyl groups is 1. The van der Waals surface area contributed by atoms with Gasteiger partial charge in [0, 0.05) is 16.2 Å². The van der Waals surface area contributed by atoms with Gasteiger partial charge in [-0.05, 0) is 25.1 Å². The van der Waals surface area contributed by atoms with Gasteiger partial charge in [0.2, 0.25) is 5.95 Å². The number of anilines is 3. The first-order valence-electron chi connectivity index (χ1n) is 7.03. The van der Waals surface area contributed by atoms with Gasteiger partial charge in [0.15, 0.2) is 5.82 Å². The molecule has 0 radical (unpaired) electrons. The van der Waals surface area contributed by atoms with Gasteiger partial charge in [-0.3, -0.25) is 0 Å². The van der Waals surface area contributed by atoms with E-state index in [1.54, 1.807) is 6.20 Å². The van der Waals surface area contributed by atoms with Crippen LogP contribution in [0.1, 0.15) is 6.92 Å². The fourth-order valence-corrected chi connectivity index (χ4v) is 2.38. The molecule has 0 aliphatic carbocycles. The number of hydrogen-bond acceptors (Lipinski definition) is 7. The molecule has 2 heterocycles. The highest BCUT2D eigenvalue weighted by molar-refractivity contribution is 9.10. The van der Waals surface area contributed by atoms with Crippen molar-refractivity contribution in [1.82, 2.24) is 19.9 Å². The normalized spacial score (nSPS) is 12.1. The Balaban J connectivity index is 1.97. The van der Waals surface area contributed by atoms with Crippen LogP contribution in [-0.4, -0.2) is 37.7 Å². The van der Waals surface area contributed by atoms with E-state index in [9.17, 15) is 0 Å². The van der Waals surface area contributed by atoms with Crippen LogP contribution in [0.25, 0.3) is 11.0 Å². The Kier molecular flexibility index (Phi) is 4.63. The van der Waals surface area contributed by atoms with Crippen LogP contribution in [0.3, 0.4) is 0 Å². The van der Waals surface area contributed by atoms with E-state index in [0.29, 0.717) is 22.8 Å². The van der Waals surface area contributed by atoms with Crippen molar-refractivity contribution < 1.29 is 5.11 Å². The van der Waals surface area contributed by atoms with Gasteiger partial charge in [-0.1, -0.05) is 22.0 Å². The minimum Gasteiger partial charge on any atom is -0.394 e. The van der Waals surface area contributed by atoms with Crippen LogP contribution in [0.4, 0.5) is 17.5 Å². The Bertz CT molecular complexity index is 828. The molecule has 0 amide bonds. The standard InChI is InChI=1S/C15H15BrN6O/c1-9(7-23)20-15-17-6-12-13(22-15)14(19-8-18-12)21-11-4-2-3-10(16)5-11/h2-6,8-9,23H,7H2,1H3,(H,17,20,22)(H,18,19,21). The zero-order valence-electron chi connectivity index (χ0n) is 12.4. The third kappa shape index (κ3) is 3.72. The number of nitrogens with zero attached hydrogens (tertiary/aromatic N) is 4. The highest BCUT2D eigenvalue weighted by Crippen LogP contribution is 2.23. The summed E-state index contributed by atoms with van der Waals surface area (Å²) in [5, 5.41) is 15.4. The van der Waals surface area contributed by atoms with E-state index in [2.05, 4.69) is 46.5 Å². The molecule has 0 saturated heterocycles. The number of benzene rings is 1. The molecule has 1 unspecified atom stereocenters. The maximum Gasteiger partial charge on any atom is 0.223 e. The molecule has 23 heavy (non-hydrogen) atoms. The molecule has 0 bridgehead atoms. The zero-order chi connectivity index (χ0) is 16.2. The zero-order valence-corrected chi connectivity index (χ0v) is 13.9. The minimum absolute atomic E-state index is 0.00413. The molecule has 1 atom stereocenters. The monoisotopic (exact) mass is 374 g/mol. The Morgan fingerprint density at radius 2 is 2.13 bits per heavy atom. The predicted molar refractivity (Wildman–Crippen MR) is 92.7 cm³/mol. The fraction of sp³-hybridized carbons (Fsp3) is 0.200. The van der Waals surface area contributed by atoms with Gasteiger partial charge < -0.3 is 15.7 Å². The summed E-state index contributed by atoms with van der Waals surface area (Å²) in [5.41, 5.74) is 2.13. The maximum absolute atomic E-state index is 9.13. The summed E-state index contributed by atoms with van der Waals surface area (Å²) in [6, 6.07) is 7.62. The van der Waals surface area contributed by atoms with Gasteiger partial charge >= 0.3 is 0 Å². The average Bonchev–Trinajstić information content (AvgIpc) is 2.55. The van der Waals surface area contributed by atoms with Crippen LogP contribution in [0.15, 0.2) is 41.3 Å². The number of halogens is 1. The van der Waals surface area contributed by atoms with E-state index >= 15 is 0 Å². The van der Waals surface area contributed by atoms with Crippen LogP contribution in [-0.2, 0) is 0 Å². The van der Waals surface area contributed by atoms with E-state index in [-0.39, 0.29) is 12.6 Å². The second-order valence-corrected chi connectivity index (χ2v) is 5.93. The first-order chi connectivity index (χ1) is 11.2. The molecule has 3 N–H and O–H groups in total. The summed E-state index contributed by atoms with van der Waals surface area (Å²) in [4.78, 5) is 17.1. The number of aromatic nitrogens is 4. The van der Waals surface area contributed by atoms with Crippen LogP contribution >= 0.6 is 15.9 Å². The molecule has 0 aliphatic heterocycles. The molecule has 0 aliphatic rings. The second kappa shape index (κ2) is 6.84. The first-order valence-corrected chi connectivity index (χ1v) is 7.83. The van der Waals surface area contributed by atoms with Gasteiger partial charge in [0.25, 0.3) is 0 Å². The van der Waals surface area contributed by atoms with E-state index in [4.69, 9.17) is 5.11 Å². The fourth-order valence-electron chi connectivity index (χ4n) is 1.98. The van der Waals surface area contributed by atoms with Gasteiger partial charge in [0.1, 0.15) is 17.4 Å². The molecule has 0 spiro atoms. The Morgan fingerprint density at radius 3 is 2.91 bits per heavy atom. The predicted octanol–water partition coefficient (Wildman–Crippen LogP) is 2.72. The van der Waals surface area contributed by atoms with Gasteiger partial charge in [0.05, 0.1) is 12.8 Å². The number of fused-ring (bicyclic) bond motifs is 1.